The molecule has 110 valence electrons. The van der Waals surface area contributed by atoms with E-state index in [0.717, 1.165) is 6.42 Å². The quantitative estimate of drug-likeness (QED) is 0.579. The molecule has 2 atom stereocenters. The number of hydrogen-bond donors (Lipinski definition) is 3. The standard InChI is InChI=1S/C15H15NO5/c16-9-13(10-4-5-11(17)12(18)8-10)21-15(14(19)20)6-2-1-3-7-15/h2,4-6,8,13,17-18H,1,3,7H2,(H,19,20)/t13-,15?/m0/s1. The smallest absolute Gasteiger partial charge is 0.340 e. The summed E-state index contributed by atoms with van der Waals surface area (Å²) >= 11 is 0. The fourth-order valence-corrected chi connectivity index (χ4v) is 2.25. The first-order valence-electron chi connectivity index (χ1n) is 6.49. The number of rotatable bonds is 4. The van der Waals surface area contributed by atoms with E-state index in [2.05, 4.69) is 0 Å². The average Bonchev–Trinajstić information content (AvgIpc) is 2.48. The van der Waals surface area contributed by atoms with Crippen LogP contribution in [0.3, 0.4) is 0 Å². The third-order valence-electron chi connectivity index (χ3n) is 3.42. The van der Waals surface area contributed by atoms with Gasteiger partial charge in [-0.15, -0.1) is 0 Å². The molecule has 0 radical (unpaired) electrons. The summed E-state index contributed by atoms with van der Waals surface area (Å²) in [6.07, 6.45) is 3.73. The van der Waals surface area contributed by atoms with E-state index in [-0.39, 0.29) is 23.5 Å². The van der Waals surface area contributed by atoms with Crippen LogP contribution < -0.4 is 0 Å². The van der Waals surface area contributed by atoms with Crippen molar-refractivity contribution in [3.8, 4) is 17.6 Å². The van der Waals surface area contributed by atoms with Crippen LogP contribution in [0.5, 0.6) is 11.5 Å². The largest absolute Gasteiger partial charge is 0.504 e. The Morgan fingerprint density at radius 2 is 2.14 bits per heavy atom. The van der Waals surface area contributed by atoms with Crippen LogP contribution in [0.25, 0.3) is 0 Å². The summed E-state index contributed by atoms with van der Waals surface area (Å²) in [4.78, 5) is 11.5. The van der Waals surface area contributed by atoms with Gasteiger partial charge in [-0.25, -0.2) is 4.79 Å². The highest BCUT2D eigenvalue weighted by Crippen LogP contribution is 2.35. The van der Waals surface area contributed by atoms with Crippen molar-refractivity contribution in [1.82, 2.24) is 0 Å². The van der Waals surface area contributed by atoms with Crippen LogP contribution in [0.4, 0.5) is 0 Å². The third-order valence-corrected chi connectivity index (χ3v) is 3.42. The lowest BCUT2D eigenvalue weighted by Gasteiger charge is -2.31. The van der Waals surface area contributed by atoms with Gasteiger partial charge >= 0.3 is 5.97 Å². The van der Waals surface area contributed by atoms with E-state index in [0.29, 0.717) is 6.42 Å². The van der Waals surface area contributed by atoms with E-state index in [9.17, 15) is 25.4 Å². The Hall–Kier alpha value is -2.52. The van der Waals surface area contributed by atoms with Crippen LogP contribution in [0.15, 0.2) is 30.4 Å². The van der Waals surface area contributed by atoms with Crippen molar-refractivity contribution >= 4 is 5.97 Å². The van der Waals surface area contributed by atoms with Gasteiger partial charge in [0, 0.05) is 0 Å². The van der Waals surface area contributed by atoms with E-state index in [4.69, 9.17) is 4.74 Å². The number of carboxylic acid groups (broad SMARTS) is 1. The van der Waals surface area contributed by atoms with Gasteiger partial charge in [0.2, 0.25) is 0 Å². The molecule has 0 spiro atoms. The number of phenolic OH excluding ortho intramolecular Hbond substituents is 2. The Morgan fingerprint density at radius 1 is 1.38 bits per heavy atom. The molecule has 1 aliphatic rings. The van der Waals surface area contributed by atoms with Crippen molar-refractivity contribution in [3.63, 3.8) is 0 Å². The van der Waals surface area contributed by atoms with Crippen LogP contribution in [0.2, 0.25) is 0 Å². The minimum atomic E-state index is -1.54. The molecule has 1 aromatic carbocycles. The lowest BCUT2D eigenvalue weighted by molar-refractivity contribution is -0.164. The second-order valence-electron chi connectivity index (χ2n) is 4.86. The normalized spacial score (nSPS) is 22.4. The number of aliphatic carboxylic acids is 1. The van der Waals surface area contributed by atoms with Crippen LogP contribution >= 0.6 is 0 Å². The second kappa shape index (κ2) is 5.85. The number of allylic oxidation sites excluding steroid dienone is 1. The maximum Gasteiger partial charge on any atom is 0.340 e. The molecule has 0 aliphatic heterocycles. The van der Waals surface area contributed by atoms with Crippen molar-refractivity contribution < 1.29 is 24.9 Å². The van der Waals surface area contributed by atoms with Gasteiger partial charge in [0.1, 0.15) is 0 Å². The van der Waals surface area contributed by atoms with Gasteiger partial charge in [-0.05, 0) is 43.0 Å². The highest BCUT2D eigenvalue weighted by atomic mass is 16.5. The van der Waals surface area contributed by atoms with Gasteiger partial charge < -0.3 is 20.1 Å². The van der Waals surface area contributed by atoms with Crippen LogP contribution in [0.1, 0.15) is 30.9 Å². The molecule has 0 saturated carbocycles. The lowest BCUT2D eigenvalue weighted by Crippen LogP contribution is -2.41. The molecule has 0 bridgehead atoms. The van der Waals surface area contributed by atoms with Gasteiger partial charge in [-0.1, -0.05) is 12.1 Å². The van der Waals surface area contributed by atoms with E-state index in [1.807, 2.05) is 6.07 Å². The maximum absolute atomic E-state index is 11.5. The molecule has 0 amide bonds. The molecule has 0 fully saturated rings. The second-order valence-corrected chi connectivity index (χ2v) is 4.86. The Morgan fingerprint density at radius 3 is 2.67 bits per heavy atom. The number of nitrogens with zero attached hydrogens (tertiary/aromatic N) is 1. The first-order valence-corrected chi connectivity index (χ1v) is 6.49. The molecule has 6 heteroatoms. The molecule has 1 aliphatic carbocycles. The third kappa shape index (κ3) is 2.98. The van der Waals surface area contributed by atoms with Crippen LogP contribution in [0, 0.1) is 11.3 Å². The highest BCUT2D eigenvalue weighted by Gasteiger charge is 2.40. The number of nitriles is 1. The Kier molecular flexibility index (Phi) is 4.15. The van der Waals surface area contributed by atoms with E-state index < -0.39 is 17.7 Å². The fraction of sp³-hybridized carbons (Fsp3) is 0.333. The molecule has 6 nitrogen and oxygen atoms in total. The summed E-state index contributed by atoms with van der Waals surface area (Å²) in [5, 5.41) is 37.4. The van der Waals surface area contributed by atoms with E-state index in [1.165, 1.54) is 24.3 Å². The molecular formula is C15H15NO5. The maximum atomic E-state index is 11.5. The molecule has 2 rings (SSSR count). The zero-order valence-corrected chi connectivity index (χ0v) is 11.2. The number of benzene rings is 1. The van der Waals surface area contributed by atoms with Crippen LogP contribution in [-0.4, -0.2) is 26.9 Å². The minimum Gasteiger partial charge on any atom is -0.504 e. The molecular weight excluding hydrogens is 274 g/mol. The summed E-state index contributed by atoms with van der Waals surface area (Å²) in [6, 6.07) is 5.70. The summed E-state index contributed by atoms with van der Waals surface area (Å²) in [7, 11) is 0. The zero-order chi connectivity index (χ0) is 15.5. The van der Waals surface area contributed by atoms with Crippen molar-refractivity contribution in [3.05, 3.63) is 35.9 Å². The predicted molar refractivity (Wildman–Crippen MR) is 72.6 cm³/mol. The summed E-state index contributed by atoms with van der Waals surface area (Å²) in [6.45, 7) is 0. The zero-order valence-electron chi connectivity index (χ0n) is 11.2. The van der Waals surface area contributed by atoms with Gasteiger partial charge in [-0.3, -0.25) is 0 Å². The molecule has 1 aromatic rings. The summed E-state index contributed by atoms with van der Waals surface area (Å²) in [5.41, 5.74) is -1.25. The first kappa shape index (κ1) is 14.9. The average molecular weight is 289 g/mol. The van der Waals surface area contributed by atoms with Gasteiger partial charge in [0.05, 0.1) is 6.07 Å². The van der Waals surface area contributed by atoms with Crippen molar-refractivity contribution in [1.29, 1.82) is 5.26 Å². The van der Waals surface area contributed by atoms with E-state index >= 15 is 0 Å². The van der Waals surface area contributed by atoms with E-state index in [1.54, 1.807) is 6.08 Å². The van der Waals surface area contributed by atoms with Gasteiger partial charge in [-0.2, -0.15) is 5.26 Å². The van der Waals surface area contributed by atoms with Crippen LogP contribution in [-0.2, 0) is 9.53 Å². The number of carboxylic acids is 1. The lowest BCUT2D eigenvalue weighted by atomic mass is 9.90. The molecule has 0 saturated heterocycles. The van der Waals surface area contributed by atoms with Gasteiger partial charge in [0.25, 0.3) is 0 Å². The Balaban J connectivity index is 2.31. The molecule has 1 unspecified atom stereocenters. The monoisotopic (exact) mass is 289 g/mol. The molecule has 0 heterocycles. The fourth-order valence-electron chi connectivity index (χ4n) is 2.25. The molecule has 3 N–H and O–H groups in total. The highest BCUT2D eigenvalue weighted by molar-refractivity contribution is 5.80. The number of phenols is 2. The first-order chi connectivity index (χ1) is 9.98. The summed E-state index contributed by atoms with van der Waals surface area (Å²) < 4.78 is 5.53. The Labute approximate surface area is 121 Å². The number of carbonyl (C=O) groups is 1. The van der Waals surface area contributed by atoms with Crippen molar-refractivity contribution in [2.45, 2.75) is 31.0 Å². The number of ether oxygens (including phenoxy) is 1. The topological polar surface area (TPSA) is 111 Å². The molecule has 0 aromatic heterocycles. The predicted octanol–water partition coefficient (Wildman–Crippen LogP) is 2.24. The Bertz CT molecular complexity index is 619. The minimum absolute atomic E-state index is 0.279. The van der Waals surface area contributed by atoms with Crippen molar-refractivity contribution in [2.75, 3.05) is 0 Å². The van der Waals surface area contributed by atoms with Crippen molar-refractivity contribution in [2.24, 2.45) is 0 Å². The summed E-state index contributed by atoms with van der Waals surface area (Å²) in [5.74, 6) is -1.86. The number of hydrogen-bond acceptors (Lipinski definition) is 5. The molecule has 21 heavy (non-hydrogen) atoms. The number of aromatic hydroxyl groups is 2. The van der Waals surface area contributed by atoms with Gasteiger partial charge in [0.15, 0.2) is 23.2 Å². The SMILES string of the molecule is N#C[C@H](OC1(C(=O)O)C=CCCC1)c1ccc(O)c(O)c1.